The zero-order valence-electron chi connectivity index (χ0n) is 12.6. The summed E-state index contributed by atoms with van der Waals surface area (Å²) in [6.45, 7) is 4.52. The molecule has 3 unspecified atom stereocenters. The lowest BCUT2D eigenvalue weighted by atomic mass is 9.90. The van der Waals surface area contributed by atoms with Gasteiger partial charge in [0.15, 0.2) is 0 Å². The molecule has 1 aliphatic carbocycles. The highest BCUT2D eigenvalue weighted by Crippen LogP contribution is 2.41. The second kappa shape index (κ2) is 5.17. The summed E-state index contributed by atoms with van der Waals surface area (Å²) >= 11 is 0. The average Bonchev–Trinajstić information content (AvgIpc) is 3.27. The molecule has 3 rings (SSSR count). The normalized spacial score (nSPS) is 32.6. The molecule has 112 valence electrons. The van der Waals surface area contributed by atoms with Gasteiger partial charge in [0.05, 0.1) is 0 Å². The van der Waals surface area contributed by atoms with Gasteiger partial charge in [-0.3, -0.25) is 9.59 Å². The Morgan fingerprint density at radius 1 is 1.29 bits per heavy atom. The van der Waals surface area contributed by atoms with Gasteiger partial charge < -0.3 is 10.2 Å². The van der Waals surface area contributed by atoms with Crippen LogP contribution in [0.5, 0.6) is 0 Å². The van der Waals surface area contributed by atoms with E-state index in [2.05, 4.69) is 12.2 Å². The van der Waals surface area contributed by atoms with E-state index in [0.717, 1.165) is 18.4 Å². The van der Waals surface area contributed by atoms with E-state index in [4.69, 9.17) is 0 Å². The molecule has 2 amide bonds. The third-order valence-electron chi connectivity index (χ3n) is 4.82. The first-order chi connectivity index (χ1) is 10.1. The number of benzene rings is 1. The summed E-state index contributed by atoms with van der Waals surface area (Å²) in [6.07, 6.45) is 2.56. The predicted molar refractivity (Wildman–Crippen MR) is 80.5 cm³/mol. The average molecular weight is 286 g/mol. The summed E-state index contributed by atoms with van der Waals surface area (Å²) in [7, 11) is 0. The Kier molecular flexibility index (Phi) is 3.47. The molecule has 1 aliphatic heterocycles. The molecular weight excluding hydrogens is 264 g/mol. The SMILES string of the molecule is CCC1CC1N1CCC(=O)NC(C)(c2ccccc2)C1=O. The molecule has 0 bridgehead atoms. The molecule has 2 aliphatic rings. The summed E-state index contributed by atoms with van der Waals surface area (Å²) in [4.78, 5) is 27.1. The van der Waals surface area contributed by atoms with Gasteiger partial charge in [-0.05, 0) is 24.8 Å². The van der Waals surface area contributed by atoms with E-state index < -0.39 is 5.54 Å². The molecule has 4 heteroatoms. The zero-order chi connectivity index (χ0) is 15.0. The van der Waals surface area contributed by atoms with Gasteiger partial charge in [0.2, 0.25) is 5.91 Å². The minimum Gasteiger partial charge on any atom is -0.338 e. The number of amides is 2. The predicted octanol–water partition coefficient (Wildman–Crippen LogP) is 2.05. The number of hydrogen-bond acceptors (Lipinski definition) is 2. The highest BCUT2D eigenvalue weighted by atomic mass is 16.2. The standard InChI is InChI=1S/C17H22N2O2/c1-3-12-11-14(12)19-10-9-15(20)18-17(2,16(19)21)13-7-5-4-6-8-13/h4-8,12,14H,3,9-11H2,1-2H3,(H,18,20). The number of carbonyl (C=O) groups is 2. The Bertz CT molecular complexity index is 557. The molecule has 1 saturated heterocycles. The topological polar surface area (TPSA) is 49.4 Å². The smallest absolute Gasteiger partial charge is 0.252 e. The van der Waals surface area contributed by atoms with Gasteiger partial charge in [-0.1, -0.05) is 43.7 Å². The molecule has 1 heterocycles. The molecule has 4 nitrogen and oxygen atoms in total. The van der Waals surface area contributed by atoms with E-state index in [9.17, 15) is 9.59 Å². The quantitative estimate of drug-likeness (QED) is 0.924. The Labute approximate surface area is 125 Å². The molecule has 1 N–H and O–H groups in total. The zero-order valence-corrected chi connectivity index (χ0v) is 12.6. The van der Waals surface area contributed by atoms with Crippen LogP contribution in [0.4, 0.5) is 0 Å². The van der Waals surface area contributed by atoms with E-state index in [1.165, 1.54) is 0 Å². The first-order valence-electron chi connectivity index (χ1n) is 7.74. The van der Waals surface area contributed by atoms with E-state index in [1.807, 2.05) is 42.2 Å². The van der Waals surface area contributed by atoms with Crippen LogP contribution in [0.1, 0.15) is 38.7 Å². The number of hydrogen-bond donors (Lipinski definition) is 1. The molecule has 1 saturated carbocycles. The minimum absolute atomic E-state index is 0.0282. The van der Waals surface area contributed by atoms with Crippen LogP contribution in [-0.2, 0) is 15.1 Å². The van der Waals surface area contributed by atoms with Crippen molar-refractivity contribution in [3.05, 3.63) is 35.9 Å². The monoisotopic (exact) mass is 286 g/mol. The summed E-state index contributed by atoms with van der Waals surface area (Å²) < 4.78 is 0. The lowest BCUT2D eigenvalue weighted by Gasteiger charge is -2.33. The van der Waals surface area contributed by atoms with Crippen molar-refractivity contribution in [2.45, 2.75) is 44.7 Å². The van der Waals surface area contributed by atoms with Crippen molar-refractivity contribution in [2.24, 2.45) is 5.92 Å². The number of nitrogens with zero attached hydrogens (tertiary/aromatic N) is 1. The van der Waals surface area contributed by atoms with Crippen molar-refractivity contribution in [3.8, 4) is 0 Å². The summed E-state index contributed by atoms with van der Waals surface area (Å²) in [5, 5.41) is 2.94. The lowest BCUT2D eigenvalue weighted by Crippen LogP contribution is -2.53. The van der Waals surface area contributed by atoms with E-state index in [1.54, 1.807) is 0 Å². The molecular formula is C17H22N2O2. The molecule has 0 radical (unpaired) electrons. The Morgan fingerprint density at radius 2 is 2.00 bits per heavy atom. The third kappa shape index (κ3) is 2.43. The second-order valence-electron chi connectivity index (χ2n) is 6.26. The molecule has 1 aromatic rings. The molecule has 0 aromatic heterocycles. The van der Waals surface area contributed by atoms with Crippen LogP contribution in [0, 0.1) is 5.92 Å². The van der Waals surface area contributed by atoms with Crippen LogP contribution in [0.2, 0.25) is 0 Å². The maximum absolute atomic E-state index is 13.1. The van der Waals surface area contributed by atoms with Gasteiger partial charge >= 0.3 is 0 Å². The van der Waals surface area contributed by atoms with Crippen LogP contribution in [0.3, 0.4) is 0 Å². The van der Waals surface area contributed by atoms with Gasteiger partial charge in [-0.2, -0.15) is 0 Å². The first kappa shape index (κ1) is 14.1. The number of nitrogens with one attached hydrogen (secondary N) is 1. The van der Waals surface area contributed by atoms with Crippen LogP contribution < -0.4 is 5.32 Å². The maximum atomic E-state index is 13.1. The first-order valence-corrected chi connectivity index (χ1v) is 7.74. The molecule has 21 heavy (non-hydrogen) atoms. The maximum Gasteiger partial charge on any atom is 0.252 e. The second-order valence-corrected chi connectivity index (χ2v) is 6.26. The van der Waals surface area contributed by atoms with Crippen molar-refractivity contribution >= 4 is 11.8 Å². The number of carbonyl (C=O) groups excluding carboxylic acids is 2. The van der Waals surface area contributed by atoms with E-state index in [0.29, 0.717) is 24.9 Å². The lowest BCUT2D eigenvalue weighted by molar-refractivity contribution is -0.139. The van der Waals surface area contributed by atoms with Gasteiger partial charge in [-0.25, -0.2) is 0 Å². The molecule has 2 fully saturated rings. The van der Waals surface area contributed by atoms with Crippen LogP contribution >= 0.6 is 0 Å². The van der Waals surface area contributed by atoms with Gasteiger partial charge in [0.1, 0.15) is 5.54 Å². The van der Waals surface area contributed by atoms with Gasteiger partial charge in [0, 0.05) is 19.0 Å². The van der Waals surface area contributed by atoms with Crippen LogP contribution in [-0.4, -0.2) is 29.3 Å². The summed E-state index contributed by atoms with van der Waals surface area (Å²) in [5.74, 6) is 0.577. The van der Waals surface area contributed by atoms with E-state index in [-0.39, 0.29) is 11.8 Å². The summed E-state index contributed by atoms with van der Waals surface area (Å²) in [6, 6.07) is 9.86. The number of rotatable bonds is 3. The highest BCUT2D eigenvalue weighted by molar-refractivity contribution is 5.94. The minimum atomic E-state index is -0.949. The fraction of sp³-hybridized carbons (Fsp3) is 0.529. The fourth-order valence-electron chi connectivity index (χ4n) is 3.34. The Morgan fingerprint density at radius 3 is 2.62 bits per heavy atom. The Hall–Kier alpha value is -1.84. The van der Waals surface area contributed by atoms with Crippen molar-refractivity contribution in [1.82, 2.24) is 10.2 Å². The Balaban J connectivity index is 1.94. The van der Waals surface area contributed by atoms with Crippen LogP contribution in [0.25, 0.3) is 0 Å². The third-order valence-corrected chi connectivity index (χ3v) is 4.82. The van der Waals surface area contributed by atoms with Gasteiger partial charge in [-0.15, -0.1) is 0 Å². The highest BCUT2D eigenvalue weighted by Gasteiger charge is 2.49. The van der Waals surface area contributed by atoms with Crippen molar-refractivity contribution < 1.29 is 9.59 Å². The largest absolute Gasteiger partial charge is 0.338 e. The van der Waals surface area contributed by atoms with E-state index >= 15 is 0 Å². The van der Waals surface area contributed by atoms with Gasteiger partial charge in [0.25, 0.3) is 5.91 Å². The summed E-state index contributed by atoms with van der Waals surface area (Å²) in [5.41, 5.74) is -0.0978. The fourth-order valence-corrected chi connectivity index (χ4v) is 3.34. The molecule has 0 spiro atoms. The van der Waals surface area contributed by atoms with Crippen molar-refractivity contribution in [2.75, 3.05) is 6.54 Å². The molecule has 1 aromatic carbocycles. The molecule has 3 atom stereocenters. The van der Waals surface area contributed by atoms with Crippen molar-refractivity contribution in [1.29, 1.82) is 0 Å². The van der Waals surface area contributed by atoms with Crippen molar-refractivity contribution in [3.63, 3.8) is 0 Å². The van der Waals surface area contributed by atoms with Crippen LogP contribution in [0.15, 0.2) is 30.3 Å².